The van der Waals surface area contributed by atoms with E-state index >= 15 is 0 Å². The fourth-order valence-electron chi connectivity index (χ4n) is 2.33. The average Bonchev–Trinajstić information content (AvgIpc) is 2.55. The molecule has 0 atom stereocenters. The van der Waals surface area contributed by atoms with Crippen LogP contribution in [-0.2, 0) is 10.0 Å². The summed E-state index contributed by atoms with van der Waals surface area (Å²) in [6.45, 7) is 0. The third-order valence-corrected chi connectivity index (χ3v) is 5.22. The maximum atomic E-state index is 12.6. The second-order valence-electron chi connectivity index (χ2n) is 5.17. The standard InChI is InChI=1S/C17H13ClN2O3S/c18-16-8-6-13(10-15(16)17(19)21)20-24(22,23)14-7-5-11-3-1-2-4-12(11)9-14/h1-10,20H,(H2,19,21). The van der Waals surface area contributed by atoms with Gasteiger partial charge >= 0.3 is 0 Å². The molecule has 1 amide bonds. The molecule has 0 aromatic heterocycles. The van der Waals surface area contributed by atoms with E-state index in [-0.39, 0.29) is 21.2 Å². The first-order valence-corrected chi connectivity index (χ1v) is 8.84. The van der Waals surface area contributed by atoms with E-state index in [9.17, 15) is 13.2 Å². The van der Waals surface area contributed by atoms with Crippen molar-refractivity contribution < 1.29 is 13.2 Å². The van der Waals surface area contributed by atoms with Crippen molar-refractivity contribution in [3.63, 3.8) is 0 Å². The Morgan fingerprint density at radius 3 is 2.38 bits per heavy atom. The van der Waals surface area contributed by atoms with E-state index in [2.05, 4.69) is 4.72 Å². The minimum atomic E-state index is -3.81. The van der Waals surface area contributed by atoms with Gasteiger partial charge in [0.25, 0.3) is 10.0 Å². The molecule has 0 saturated heterocycles. The lowest BCUT2D eigenvalue weighted by Gasteiger charge is -2.10. The van der Waals surface area contributed by atoms with Crippen LogP contribution in [0.5, 0.6) is 0 Å². The summed E-state index contributed by atoms with van der Waals surface area (Å²) < 4.78 is 27.5. The largest absolute Gasteiger partial charge is 0.366 e. The molecule has 122 valence electrons. The molecule has 5 nitrogen and oxygen atoms in total. The first kappa shape index (κ1) is 16.3. The van der Waals surface area contributed by atoms with Crippen LogP contribution in [0.25, 0.3) is 10.8 Å². The number of primary amides is 1. The number of anilines is 1. The van der Waals surface area contributed by atoms with Crippen molar-refractivity contribution in [1.82, 2.24) is 0 Å². The van der Waals surface area contributed by atoms with Gasteiger partial charge in [-0.1, -0.05) is 41.9 Å². The summed E-state index contributed by atoms with van der Waals surface area (Å²) in [5.74, 6) is -0.730. The molecule has 24 heavy (non-hydrogen) atoms. The van der Waals surface area contributed by atoms with E-state index < -0.39 is 15.9 Å². The van der Waals surface area contributed by atoms with E-state index in [1.54, 1.807) is 12.1 Å². The van der Waals surface area contributed by atoms with Crippen LogP contribution in [0.15, 0.2) is 65.6 Å². The van der Waals surface area contributed by atoms with Gasteiger partial charge in [0, 0.05) is 5.69 Å². The van der Waals surface area contributed by atoms with Crippen molar-refractivity contribution in [2.75, 3.05) is 4.72 Å². The zero-order chi connectivity index (χ0) is 17.3. The number of hydrogen-bond acceptors (Lipinski definition) is 3. The lowest BCUT2D eigenvalue weighted by atomic mass is 10.1. The van der Waals surface area contributed by atoms with Crippen LogP contribution in [0.1, 0.15) is 10.4 Å². The Bertz CT molecular complexity index is 1050. The van der Waals surface area contributed by atoms with Crippen LogP contribution in [0.4, 0.5) is 5.69 Å². The predicted octanol–water partition coefficient (Wildman–Crippen LogP) is 3.39. The summed E-state index contributed by atoms with van der Waals surface area (Å²) in [6.07, 6.45) is 0. The number of sulfonamides is 1. The van der Waals surface area contributed by atoms with Gasteiger partial charge in [0.1, 0.15) is 0 Å². The maximum absolute atomic E-state index is 12.6. The van der Waals surface area contributed by atoms with Gasteiger partial charge in [-0.15, -0.1) is 0 Å². The number of carbonyl (C=O) groups excluding carboxylic acids is 1. The van der Waals surface area contributed by atoms with Gasteiger partial charge in [-0.25, -0.2) is 8.42 Å². The van der Waals surface area contributed by atoms with Gasteiger partial charge in [0.2, 0.25) is 5.91 Å². The van der Waals surface area contributed by atoms with Gasteiger partial charge in [-0.2, -0.15) is 0 Å². The third kappa shape index (κ3) is 3.20. The van der Waals surface area contributed by atoms with Crippen LogP contribution in [-0.4, -0.2) is 14.3 Å². The Labute approximate surface area is 144 Å². The fourth-order valence-corrected chi connectivity index (χ4v) is 3.62. The molecular weight excluding hydrogens is 348 g/mol. The van der Waals surface area contributed by atoms with Crippen molar-refractivity contribution in [1.29, 1.82) is 0 Å². The maximum Gasteiger partial charge on any atom is 0.261 e. The minimum Gasteiger partial charge on any atom is -0.366 e. The molecule has 0 aliphatic heterocycles. The molecule has 3 aromatic rings. The van der Waals surface area contributed by atoms with Crippen LogP contribution < -0.4 is 10.5 Å². The highest BCUT2D eigenvalue weighted by atomic mass is 35.5. The molecule has 0 fully saturated rings. The number of hydrogen-bond donors (Lipinski definition) is 2. The van der Waals surface area contributed by atoms with Crippen LogP contribution in [0.3, 0.4) is 0 Å². The molecule has 0 saturated carbocycles. The molecule has 0 spiro atoms. The Hall–Kier alpha value is -2.57. The second kappa shape index (κ2) is 6.14. The first-order chi connectivity index (χ1) is 11.4. The Kier molecular flexibility index (Phi) is 4.17. The number of halogens is 1. The zero-order valence-electron chi connectivity index (χ0n) is 12.4. The molecule has 0 aliphatic rings. The van der Waals surface area contributed by atoms with E-state index in [0.717, 1.165) is 10.8 Å². The Morgan fingerprint density at radius 1 is 0.958 bits per heavy atom. The van der Waals surface area contributed by atoms with Crippen LogP contribution in [0.2, 0.25) is 5.02 Å². The summed E-state index contributed by atoms with van der Waals surface area (Å²) in [7, 11) is -3.81. The third-order valence-electron chi connectivity index (χ3n) is 3.52. The summed E-state index contributed by atoms with van der Waals surface area (Å²) >= 11 is 5.87. The second-order valence-corrected chi connectivity index (χ2v) is 7.26. The average molecular weight is 361 g/mol. The molecule has 3 N–H and O–H groups in total. The number of benzene rings is 3. The molecule has 3 rings (SSSR count). The van der Waals surface area contributed by atoms with Crippen molar-refractivity contribution >= 4 is 44.0 Å². The molecule has 0 bridgehead atoms. The Balaban J connectivity index is 1.98. The lowest BCUT2D eigenvalue weighted by molar-refractivity contribution is 0.100. The number of amides is 1. The highest BCUT2D eigenvalue weighted by molar-refractivity contribution is 7.92. The molecule has 0 heterocycles. The van der Waals surface area contributed by atoms with E-state index in [1.807, 2.05) is 24.3 Å². The Morgan fingerprint density at radius 2 is 1.67 bits per heavy atom. The molecule has 3 aromatic carbocycles. The molecule has 0 radical (unpaired) electrons. The number of fused-ring (bicyclic) bond motifs is 1. The fraction of sp³-hybridized carbons (Fsp3) is 0. The van der Waals surface area contributed by atoms with Gasteiger partial charge in [0.05, 0.1) is 15.5 Å². The van der Waals surface area contributed by atoms with E-state index in [0.29, 0.717) is 0 Å². The highest BCUT2D eigenvalue weighted by Crippen LogP contribution is 2.24. The number of rotatable bonds is 4. The SMILES string of the molecule is NC(=O)c1cc(NS(=O)(=O)c2ccc3ccccc3c2)ccc1Cl. The number of nitrogens with one attached hydrogen (secondary N) is 1. The van der Waals surface area contributed by atoms with E-state index in [4.69, 9.17) is 17.3 Å². The van der Waals surface area contributed by atoms with Crippen molar-refractivity contribution in [2.45, 2.75) is 4.90 Å². The normalized spacial score (nSPS) is 11.4. The summed E-state index contributed by atoms with van der Waals surface area (Å²) in [5, 5.41) is 1.92. The van der Waals surface area contributed by atoms with Crippen molar-refractivity contribution in [2.24, 2.45) is 5.73 Å². The summed E-state index contributed by atoms with van der Waals surface area (Å²) in [6, 6.07) is 16.5. The van der Waals surface area contributed by atoms with Gasteiger partial charge < -0.3 is 5.73 Å². The van der Waals surface area contributed by atoms with Gasteiger partial charge in [0.15, 0.2) is 0 Å². The first-order valence-electron chi connectivity index (χ1n) is 6.98. The zero-order valence-corrected chi connectivity index (χ0v) is 13.9. The quantitative estimate of drug-likeness (QED) is 0.747. The summed E-state index contributed by atoms with van der Waals surface area (Å²) in [4.78, 5) is 11.4. The molecular formula is C17H13ClN2O3S. The predicted molar refractivity (Wildman–Crippen MR) is 94.7 cm³/mol. The minimum absolute atomic E-state index is 0.0513. The number of nitrogens with two attached hydrogens (primary N) is 1. The van der Waals surface area contributed by atoms with Crippen molar-refractivity contribution in [3.8, 4) is 0 Å². The topological polar surface area (TPSA) is 89.3 Å². The molecule has 0 aliphatic carbocycles. The van der Waals surface area contributed by atoms with Gasteiger partial charge in [-0.05, 0) is 41.1 Å². The van der Waals surface area contributed by atoms with Crippen molar-refractivity contribution in [3.05, 3.63) is 71.2 Å². The highest BCUT2D eigenvalue weighted by Gasteiger charge is 2.16. The molecule has 7 heteroatoms. The summed E-state index contributed by atoms with van der Waals surface area (Å²) in [5.41, 5.74) is 5.48. The monoisotopic (exact) mass is 360 g/mol. The van der Waals surface area contributed by atoms with Gasteiger partial charge in [-0.3, -0.25) is 9.52 Å². The van der Waals surface area contributed by atoms with E-state index in [1.165, 1.54) is 24.3 Å². The lowest BCUT2D eigenvalue weighted by Crippen LogP contribution is -2.15. The smallest absolute Gasteiger partial charge is 0.261 e. The van der Waals surface area contributed by atoms with Crippen LogP contribution >= 0.6 is 11.6 Å². The molecule has 0 unspecified atom stereocenters. The number of carbonyl (C=O) groups is 1. The van der Waals surface area contributed by atoms with Crippen LogP contribution in [0, 0.1) is 0 Å².